The normalized spacial score (nSPS) is 11.7. The number of aryl methyl sites for hydroxylation is 3. The van der Waals surface area contributed by atoms with Gasteiger partial charge in [-0.1, -0.05) is 87.4 Å². The van der Waals surface area contributed by atoms with Crippen LogP contribution in [0, 0.1) is 0 Å². The Morgan fingerprint density at radius 3 is 1.88 bits per heavy atom. The Morgan fingerprint density at radius 2 is 1.38 bits per heavy atom. The first-order chi connectivity index (χ1) is 11.5. The molecular weight excluding hydrogens is 308 g/mol. The van der Waals surface area contributed by atoms with Gasteiger partial charge in [-0.05, 0) is 42.0 Å². The predicted molar refractivity (Wildman–Crippen MR) is 108 cm³/mol. The maximum absolute atomic E-state index is 10.5. The van der Waals surface area contributed by atoms with Crippen LogP contribution < -0.4 is 5.19 Å². The summed E-state index contributed by atoms with van der Waals surface area (Å²) in [6.07, 6.45) is 5.20. The van der Waals surface area contributed by atoms with Crippen LogP contribution in [0.3, 0.4) is 0 Å². The van der Waals surface area contributed by atoms with Crippen LogP contribution in [0.15, 0.2) is 42.5 Å². The maximum atomic E-state index is 10.5. The molecule has 0 aliphatic carbocycles. The standard InChI is InChI=1S/C22H32OSi/c1-5-10-19-16-18(17-20(11-6-2)22(19)23)14-15-24(3,4)21-12-8-7-9-13-21/h7-9,12-13,16-17,23H,5-6,10-11,14-15H2,1-4H3. The van der Waals surface area contributed by atoms with Crippen LogP contribution in [0.4, 0.5) is 0 Å². The predicted octanol–water partition coefficient (Wildman–Crippen LogP) is 5.46. The van der Waals surface area contributed by atoms with E-state index in [1.807, 2.05) is 0 Å². The van der Waals surface area contributed by atoms with Gasteiger partial charge < -0.3 is 5.11 Å². The van der Waals surface area contributed by atoms with Crippen molar-refractivity contribution in [2.24, 2.45) is 0 Å². The summed E-state index contributed by atoms with van der Waals surface area (Å²) < 4.78 is 0. The molecule has 0 radical (unpaired) electrons. The van der Waals surface area contributed by atoms with E-state index in [1.165, 1.54) is 16.8 Å². The molecular formula is C22H32OSi. The molecule has 130 valence electrons. The fourth-order valence-corrected chi connectivity index (χ4v) is 5.68. The number of phenolic OH excluding ortho intramolecular Hbond substituents is 1. The third-order valence-electron chi connectivity index (χ3n) is 4.96. The number of rotatable bonds is 8. The highest BCUT2D eigenvalue weighted by Crippen LogP contribution is 2.28. The average Bonchev–Trinajstić information content (AvgIpc) is 2.58. The van der Waals surface area contributed by atoms with Crippen LogP contribution in [0.5, 0.6) is 5.75 Å². The van der Waals surface area contributed by atoms with Gasteiger partial charge in [-0.25, -0.2) is 0 Å². The molecule has 2 aromatic rings. The second-order valence-corrected chi connectivity index (χ2v) is 12.4. The van der Waals surface area contributed by atoms with E-state index in [9.17, 15) is 5.11 Å². The summed E-state index contributed by atoms with van der Waals surface area (Å²) in [6.45, 7) is 9.28. The summed E-state index contributed by atoms with van der Waals surface area (Å²) in [4.78, 5) is 0. The van der Waals surface area contributed by atoms with E-state index >= 15 is 0 Å². The largest absolute Gasteiger partial charge is 0.507 e. The number of phenols is 1. The van der Waals surface area contributed by atoms with Crippen LogP contribution in [0.25, 0.3) is 0 Å². The fourth-order valence-electron chi connectivity index (χ4n) is 3.39. The van der Waals surface area contributed by atoms with Crippen molar-refractivity contribution in [2.75, 3.05) is 0 Å². The molecule has 0 unspecified atom stereocenters. The van der Waals surface area contributed by atoms with Crippen molar-refractivity contribution in [1.82, 2.24) is 0 Å². The number of benzene rings is 2. The zero-order valence-electron chi connectivity index (χ0n) is 15.7. The number of hydrogen-bond acceptors (Lipinski definition) is 1. The molecule has 0 aliphatic heterocycles. The molecule has 1 nitrogen and oxygen atoms in total. The summed E-state index contributed by atoms with van der Waals surface area (Å²) in [5, 5.41) is 12.0. The quantitative estimate of drug-likeness (QED) is 0.633. The first-order valence-electron chi connectivity index (χ1n) is 9.37. The molecule has 0 aromatic heterocycles. The van der Waals surface area contributed by atoms with E-state index < -0.39 is 8.07 Å². The lowest BCUT2D eigenvalue weighted by atomic mass is 9.97. The van der Waals surface area contributed by atoms with Gasteiger partial charge in [0.1, 0.15) is 5.75 Å². The molecule has 2 heteroatoms. The highest BCUT2D eigenvalue weighted by molar-refractivity contribution is 6.89. The molecule has 0 atom stereocenters. The number of hydrogen-bond donors (Lipinski definition) is 1. The molecule has 2 rings (SSSR count). The molecule has 24 heavy (non-hydrogen) atoms. The minimum Gasteiger partial charge on any atom is -0.507 e. The van der Waals surface area contributed by atoms with Gasteiger partial charge in [0.05, 0.1) is 8.07 Å². The van der Waals surface area contributed by atoms with Gasteiger partial charge in [-0.2, -0.15) is 0 Å². The Bertz CT molecular complexity index is 619. The van der Waals surface area contributed by atoms with Crippen LogP contribution >= 0.6 is 0 Å². The lowest BCUT2D eigenvalue weighted by molar-refractivity contribution is 0.459. The van der Waals surface area contributed by atoms with Gasteiger partial charge in [0, 0.05) is 0 Å². The van der Waals surface area contributed by atoms with E-state index in [1.54, 1.807) is 0 Å². The summed E-state index contributed by atoms with van der Waals surface area (Å²) >= 11 is 0. The first-order valence-corrected chi connectivity index (χ1v) is 12.6. The van der Waals surface area contributed by atoms with Gasteiger partial charge in [-0.15, -0.1) is 0 Å². The summed E-state index contributed by atoms with van der Waals surface area (Å²) in [5.74, 6) is 0.544. The van der Waals surface area contributed by atoms with Gasteiger partial charge in [0.2, 0.25) is 0 Å². The maximum Gasteiger partial charge on any atom is 0.121 e. The van der Waals surface area contributed by atoms with Crippen LogP contribution in [0.2, 0.25) is 19.1 Å². The molecule has 0 saturated carbocycles. The molecule has 0 bridgehead atoms. The molecule has 0 heterocycles. The Kier molecular flexibility index (Phi) is 6.67. The molecule has 2 aromatic carbocycles. The van der Waals surface area contributed by atoms with Crippen LogP contribution in [0.1, 0.15) is 43.4 Å². The van der Waals surface area contributed by atoms with Crippen molar-refractivity contribution in [1.29, 1.82) is 0 Å². The van der Waals surface area contributed by atoms with E-state index in [0.717, 1.165) is 43.2 Å². The highest BCUT2D eigenvalue weighted by Gasteiger charge is 2.23. The average molecular weight is 341 g/mol. The monoisotopic (exact) mass is 340 g/mol. The Morgan fingerprint density at radius 1 is 0.833 bits per heavy atom. The second kappa shape index (κ2) is 8.52. The zero-order valence-corrected chi connectivity index (χ0v) is 16.7. The minimum atomic E-state index is -1.41. The topological polar surface area (TPSA) is 20.2 Å². The molecule has 0 amide bonds. The first kappa shape index (κ1) is 18.8. The lowest BCUT2D eigenvalue weighted by Crippen LogP contribution is -2.41. The summed E-state index contributed by atoms with van der Waals surface area (Å²) in [7, 11) is -1.41. The van der Waals surface area contributed by atoms with E-state index in [-0.39, 0.29) is 0 Å². The molecule has 0 spiro atoms. The van der Waals surface area contributed by atoms with Crippen LogP contribution in [-0.2, 0) is 19.3 Å². The third-order valence-corrected chi connectivity index (χ3v) is 8.36. The second-order valence-electron chi connectivity index (χ2n) is 7.51. The van der Waals surface area contributed by atoms with Crippen molar-refractivity contribution < 1.29 is 5.11 Å². The van der Waals surface area contributed by atoms with Crippen LogP contribution in [-0.4, -0.2) is 13.2 Å². The molecule has 0 aliphatic rings. The van der Waals surface area contributed by atoms with Gasteiger partial charge >= 0.3 is 0 Å². The summed E-state index contributed by atoms with van der Waals surface area (Å²) in [6, 6.07) is 16.7. The van der Waals surface area contributed by atoms with Gasteiger partial charge in [-0.3, -0.25) is 0 Å². The molecule has 0 fully saturated rings. The van der Waals surface area contributed by atoms with Gasteiger partial charge in [0.25, 0.3) is 0 Å². The third kappa shape index (κ3) is 4.73. The van der Waals surface area contributed by atoms with Crippen molar-refractivity contribution >= 4 is 13.3 Å². The van der Waals surface area contributed by atoms with Crippen molar-refractivity contribution in [2.45, 2.75) is 65.1 Å². The lowest BCUT2D eigenvalue weighted by Gasteiger charge is -2.23. The fraction of sp³-hybridized carbons (Fsp3) is 0.455. The smallest absolute Gasteiger partial charge is 0.121 e. The van der Waals surface area contributed by atoms with Crippen molar-refractivity contribution in [3.05, 3.63) is 59.2 Å². The summed E-state index contributed by atoms with van der Waals surface area (Å²) in [5.41, 5.74) is 3.67. The number of aromatic hydroxyl groups is 1. The Hall–Kier alpha value is -1.54. The van der Waals surface area contributed by atoms with Crippen molar-refractivity contribution in [3.8, 4) is 5.75 Å². The van der Waals surface area contributed by atoms with E-state index in [4.69, 9.17) is 0 Å². The minimum absolute atomic E-state index is 0.544. The van der Waals surface area contributed by atoms with Gasteiger partial charge in [0.15, 0.2) is 0 Å². The van der Waals surface area contributed by atoms with E-state index in [2.05, 4.69) is 69.4 Å². The van der Waals surface area contributed by atoms with E-state index in [0.29, 0.717) is 5.75 Å². The Labute approximate surface area is 148 Å². The zero-order chi connectivity index (χ0) is 17.6. The van der Waals surface area contributed by atoms with Crippen molar-refractivity contribution in [3.63, 3.8) is 0 Å². The highest BCUT2D eigenvalue weighted by atomic mass is 28.3. The SMILES string of the molecule is CCCc1cc(CC[Si](C)(C)c2ccccc2)cc(CCC)c1O. The molecule has 1 N–H and O–H groups in total. The molecule has 0 saturated heterocycles. The Balaban J connectivity index is 2.19.